The summed E-state index contributed by atoms with van der Waals surface area (Å²) in [5, 5.41) is 3.44. The Morgan fingerprint density at radius 3 is 2.37 bits per heavy atom. The summed E-state index contributed by atoms with van der Waals surface area (Å²) in [6.45, 7) is 3.15. The monoisotopic (exact) mass is 271 g/mol. The molecule has 1 aliphatic heterocycles. The molecule has 2 rings (SSSR count). The van der Waals surface area contributed by atoms with Crippen LogP contribution >= 0.6 is 0 Å². The summed E-state index contributed by atoms with van der Waals surface area (Å²) >= 11 is 0. The lowest BCUT2D eigenvalue weighted by Crippen LogP contribution is -2.20. The van der Waals surface area contributed by atoms with E-state index in [0.717, 1.165) is 37.3 Å². The fraction of sp³-hybridized carbons (Fsp3) is 0.600. The summed E-state index contributed by atoms with van der Waals surface area (Å²) in [5.41, 5.74) is 0.390. The Morgan fingerprint density at radius 1 is 1.11 bits per heavy atom. The highest BCUT2D eigenvalue weighted by Gasteiger charge is 2.30. The molecule has 0 unspecified atom stereocenters. The molecule has 0 aromatic heterocycles. The first-order chi connectivity index (χ1) is 9.00. The van der Waals surface area contributed by atoms with Gasteiger partial charge in [0.05, 0.1) is 5.56 Å². The predicted octanol–water partition coefficient (Wildman–Crippen LogP) is 4.55. The van der Waals surface area contributed by atoms with Crippen molar-refractivity contribution >= 4 is 0 Å². The van der Waals surface area contributed by atoms with Crippen molar-refractivity contribution in [2.24, 2.45) is 5.92 Å². The van der Waals surface area contributed by atoms with E-state index in [4.69, 9.17) is 0 Å². The van der Waals surface area contributed by atoms with E-state index >= 15 is 0 Å². The second-order valence-corrected chi connectivity index (χ2v) is 5.27. The van der Waals surface area contributed by atoms with Gasteiger partial charge >= 0.3 is 6.18 Å². The van der Waals surface area contributed by atoms with Crippen molar-refractivity contribution in [3.8, 4) is 0 Å². The molecule has 1 fully saturated rings. The van der Waals surface area contributed by atoms with Gasteiger partial charge in [0.15, 0.2) is 0 Å². The number of hydrogen-bond donors (Lipinski definition) is 1. The average molecular weight is 271 g/mol. The molecule has 4 heteroatoms. The highest BCUT2D eigenvalue weighted by molar-refractivity contribution is 5.27. The minimum absolute atomic E-state index is 0.193. The number of hydrogen-bond acceptors (Lipinski definition) is 1. The van der Waals surface area contributed by atoms with Crippen LogP contribution in [0.5, 0.6) is 0 Å². The van der Waals surface area contributed by atoms with E-state index < -0.39 is 11.7 Å². The van der Waals surface area contributed by atoms with Crippen molar-refractivity contribution in [1.29, 1.82) is 0 Å². The summed E-state index contributed by atoms with van der Waals surface area (Å²) in [6.07, 6.45) is 0.247. The van der Waals surface area contributed by atoms with Gasteiger partial charge in [-0.1, -0.05) is 25.5 Å². The zero-order valence-electron chi connectivity index (χ0n) is 11.1. The molecule has 2 atom stereocenters. The fourth-order valence-corrected chi connectivity index (χ4v) is 2.71. The Bertz CT molecular complexity index is 397. The first-order valence-electron chi connectivity index (χ1n) is 6.91. The second-order valence-electron chi connectivity index (χ2n) is 5.27. The standard InChI is InChI=1S/C15H20F3N/c1-2-11-3-8-14(19-10-9-11)12-4-6-13(7-5-12)15(16,17)18/h4-7,11,14,19H,2-3,8-10H2,1H3/t11-,14+/m0/s1. The van der Waals surface area contributed by atoms with Crippen molar-refractivity contribution in [3.05, 3.63) is 35.4 Å². The van der Waals surface area contributed by atoms with Crippen LogP contribution < -0.4 is 5.32 Å². The van der Waals surface area contributed by atoms with Crippen molar-refractivity contribution in [3.63, 3.8) is 0 Å². The molecular formula is C15H20F3N. The minimum Gasteiger partial charge on any atom is -0.310 e. The van der Waals surface area contributed by atoms with E-state index in [9.17, 15) is 13.2 Å². The molecule has 0 aliphatic carbocycles. The van der Waals surface area contributed by atoms with Gasteiger partial charge in [-0.25, -0.2) is 0 Å². The highest BCUT2D eigenvalue weighted by atomic mass is 19.4. The van der Waals surface area contributed by atoms with Crippen molar-refractivity contribution in [2.45, 2.75) is 44.8 Å². The zero-order chi connectivity index (χ0) is 13.9. The van der Waals surface area contributed by atoms with Crippen LogP contribution in [-0.2, 0) is 6.18 Å². The van der Waals surface area contributed by atoms with Gasteiger partial charge in [0.25, 0.3) is 0 Å². The molecule has 1 N–H and O–H groups in total. The molecule has 1 saturated heterocycles. The van der Waals surface area contributed by atoms with E-state index in [1.54, 1.807) is 12.1 Å². The maximum Gasteiger partial charge on any atom is 0.416 e. The summed E-state index contributed by atoms with van der Waals surface area (Å²) in [4.78, 5) is 0. The zero-order valence-corrected chi connectivity index (χ0v) is 11.1. The van der Waals surface area contributed by atoms with Gasteiger partial charge in [0, 0.05) is 6.04 Å². The number of alkyl halides is 3. The Hall–Kier alpha value is -1.03. The van der Waals surface area contributed by atoms with Gasteiger partial charge in [0.1, 0.15) is 0 Å². The number of benzene rings is 1. The van der Waals surface area contributed by atoms with Gasteiger partial charge in [-0.15, -0.1) is 0 Å². The van der Waals surface area contributed by atoms with Gasteiger partial charge < -0.3 is 5.32 Å². The molecule has 0 saturated carbocycles. The van der Waals surface area contributed by atoms with Crippen LogP contribution in [0.2, 0.25) is 0 Å². The van der Waals surface area contributed by atoms with E-state index in [0.29, 0.717) is 0 Å². The number of nitrogens with one attached hydrogen (secondary N) is 1. The molecule has 0 radical (unpaired) electrons. The number of rotatable bonds is 2. The molecule has 1 heterocycles. The molecule has 1 aromatic rings. The first kappa shape index (κ1) is 14.4. The molecule has 0 amide bonds. The smallest absolute Gasteiger partial charge is 0.310 e. The third-order valence-corrected chi connectivity index (χ3v) is 4.02. The molecule has 1 nitrogen and oxygen atoms in total. The van der Waals surface area contributed by atoms with Gasteiger partial charge in [-0.05, 0) is 49.4 Å². The molecular weight excluding hydrogens is 251 g/mol. The lowest BCUT2D eigenvalue weighted by atomic mass is 9.94. The van der Waals surface area contributed by atoms with Crippen molar-refractivity contribution in [1.82, 2.24) is 5.32 Å². The van der Waals surface area contributed by atoms with Crippen LogP contribution in [0.1, 0.15) is 49.8 Å². The third kappa shape index (κ3) is 3.72. The van der Waals surface area contributed by atoms with Gasteiger partial charge in [0.2, 0.25) is 0 Å². The second kappa shape index (κ2) is 5.95. The lowest BCUT2D eigenvalue weighted by Gasteiger charge is -2.17. The maximum atomic E-state index is 12.5. The Labute approximate surface area is 112 Å². The largest absolute Gasteiger partial charge is 0.416 e. The summed E-state index contributed by atoms with van der Waals surface area (Å²) in [6, 6.07) is 5.76. The third-order valence-electron chi connectivity index (χ3n) is 4.02. The molecule has 19 heavy (non-hydrogen) atoms. The summed E-state index contributed by atoms with van der Waals surface area (Å²) < 4.78 is 37.5. The quantitative estimate of drug-likeness (QED) is 0.832. The van der Waals surface area contributed by atoms with Gasteiger partial charge in [-0.2, -0.15) is 13.2 Å². The first-order valence-corrected chi connectivity index (χ1v) is 6.91. The topological polar surface area (TPSA) is 12.0 Å². The minimum atomic E-state index is -4.25. The van der Waals surface area contributed by atoms with Crippen molar-refractivity contribution < 1.29 is 13.2 Å². The molecule has 0 spiro atoms. The SMILES string of the molecule is CC[C@@H]1CCN[C@@H](c2ccc(C(F)(F)F)cc2)CC1. The van der Waals surface area contributed by atoms with Crippen LogP contribution in [0, 0.1) is 5.92 Å². The lowest BCUT2D eigenvalue weighted by molar-refractivity contribution is -0.137. The maximum absolute atomic E-state index is 12.5. The van der Waals surface area contributed by atoms with Crippen LogP contribution in [0.4, 0.5) is 13.2 Å². The van der Waals surface area contributed by atoms with Crippen LogP contribution in [-0.4, -0.2) is 6.54 Å². The van der Waals surface area contributed by atoms with E-state index in [1.165, 1.54) is 18.6 Å². The fourth-order valence-electron chi connectivity index (χ4n) is 2.71. The molecule has 1 aliphatic rings. The van der Waals surface area contributed by atoms with Crippen LogP contribution in [0.3, 0.4) is 0 Å². The predicted molar refractivity (Wildman–Crippen MR) is 69.8 cm³/mol. The van der Waals surface area contributed by atoms with E-state index in [2.05, 4.69) is 12.2 Å². The Balaban J connectivity index is 2.06. The summed E-state index contributed by atoms with van der Waals surface area (Å²) in [5.74, 6) is 0.743. The van der Waals surface area contributed by atoms with Gasteiger partial charge in [-0.3, -0.25) is 0 Å². The van der Waals surface area contributed by atoms with E-state index in [-0.39, 0.29) is 6.04 Å². The Kier molecular flexibility index (Phi) is 4.50. The highest BCUT2D eigenvalue weighted by Crippen LogP contribution is 2.32. The van der Waals surface area contributed by atoms with Crippen molar-refractivity contribution in [2.75, 3.05) is 6.54 Å². The molecule has 106 valence electrons. The van der Waals surface area contributed by atoms with Crippen LogP contribution in [0.15, 0.2) is 24.3 Å². The molecule has 0 bridgehead atoms. The summed E-state index contributed by atoms with van der Waals surface area (Å²) in [7, 11) is 0. The Morgan fingerprint density at radius 2 is 1.79 bits per heavy atom. The average Bonchev–Trinajstić information content (AvgIpc) is 2.63. The number of halogens is 3. The van der Waals surface area contributed by atoms with E-state index in [1.807, 2.05) is 0 Å². The van der Waals surface area contributed by atoms with Crippen LogP contribution in [0.25, 0.3) is 0 Å². The molecule has 1 aromatic carbocycles. The normalized spacial score (nSPS) is 25.1.